The van der Waals surface area contributed by atoms with E-state index in [9.17, 15) is 19.2 Å². The minimum atomic E-state index is -0.983. The second-order valence-corrected chi connectivity index (χ2v) is 7.76. The van der Waals surface area contributed by atoms with E-state index in [1.54, 1.807) is 30.3 Å². The van der Waals surface area contributed by atoms with Gasteiger partial charge < -0.3 is 14.1 Å². The summed E-state index contributed by atoms with van der Waals surface area (Å²) in [4.78, 5) is 53.1. The van der Waals surface area contributed by atoms with Gasteiger partial charge in [0.1, 0.15) is 17.6 Å². The van der Waals surface area contributed by atoms with Crippen molar-refractivity contribution in [1.82, 2.24) is 4.90 Å². The molecular formula is C25H22N2O6. The minimum Gasteiger partial charge on any atom is -0.467 e. The van der Waals surface area contributed by atoms with Crippen LogP contribution in [0.15, 0.2) is 71.3 Å². The van der Waals surface area contributed by atoms with Crippen LogP contribution < -0.4 is 9.64 Å². The maximum atomic E-state index is 13.4. The van der Waals surface area contributed by atoms with Gasteiger partial charge >= 0.3 is 5.97 Å². The minimum absolute atomic E-state index is 0.0443. The molecule has 1 aliphatic heterocycles. The molecule has 168 valence electrons. The molecule has 0 aliphatic carbocycles. The number of hydrogen-bond acceptors (Lipinski definition) is 6. The van der Waals surface area contributed by atoms with Gasteiger partial charge in [0.2, 0.25) is 5.91 Å². The van der Waals surface area contributed by atoms with E-state index in [2.05, 4.69) is 0 Å². The molecule has 0 radical (unpaired) electrons. The molecule has 3 amide bonds. The summed E-state index contributed by atoms with van der Waals surface area (Å²) >= 11 is 0. The van der Waals surface area contributed by atoms with Crippen LogP contribution in [0.1, 0.15) is 35.0 Å². The van der Waals surface area contributed by atoms with Crippen molar-refractivity contribution in [2.75, 3.05) is 4.90 Å². The molecule has 2 heterocycles. The van der Waals surface area contributed by atoms with Crippen molar-refractivity contribution in [2.45, 2.75) is 32.9 Å². The van der Waals surface area contributed by atoms with Gasteiger partial charge in [-0.3, -0.25) is 19.2 Å². The lowest BCUT2D eigenvalue weighted by Crippen LogP contribution is -2.45. The fourth-order valence-corrected chi connectivity index (χ4v) is 3.80. The smallest absolute Gasteiger partial charge is 0.308 e. The molecule has 33 heavy (non-hydrogen) atoms. The highest BCUT2D eigenvalue weighted by Crippen LogP contribution is 2.29. The van der Waals surface area contributed by atoms with Crippen LogP contribution >= 0.6 is 0 Å². The summed E-state index contributed by atoms with van der Waals surface area (Å²) in [6.45, 7) is 3.20. The summed E-state index contributed by atoms with van der Waals surface area (Å²) in [6.07, 6.45) is 1.34. The highest BCUT2D eigenvalue weighted by Gasteiger charge is 2.44. The number of nitrogens with zero attached hydrogens (tertiary/aromatic N) is 2. The Kier molecular flexibility index (Phi) is 6.08. The normalized spacial score (nSPS) is 15.6. The first-order valence-corrected chi connectivity index (χ1v) is 10.4. The number of imide groups is 1. The van der Waals surface area contributed by atoms with E-state index in [4.69, 9.17) is 9.15 Å². The van der Waals surface area contributed by atoms with E-state index < -0.39 is 23.8 Å². The molecule has 1 saturated heterocycles. The molecule has 1 unspecified atom stereocenters. The number of esters is 1. The van der Waals surface area contributed by atoms with Crippen molar-refractivity contribution in [3.63, 3.8) is 0 Å². The Bertz CT molecular complexity index is 1200. The summed E-state index contributed by atoms with van der Waals surface area (Å²) in [5, 5.41) is 0. The van der Waals surface area contributed by atoms with Crippen LogP contribution in [0.5, 0.6) is 5.75 Å². The van der Waals surface area contributed by atoms with Crippen LogP contribution in [-0.4, -0.2) is 34.6 Å². The van der Waals surface area contributed by atoms with Gasteiger partial charge in [-0.15, -0.1) is 0 Å². The summed E-state index contributed by atoms with van der Waals surface area (Å²) in [5.41, 5.74) is 1.66. The Morgan fingerprint density at radius 1 is 1.09 bits per heavy atom. The second-order valence-electron chi connectivity index (χ2n) is 7.76. The number of hydrogen-bond donors (Lipinski definition) is 0. The summed E-state index contributed by atoms with van der Waals surface area (Å²) in [6, 6.07) is 15.5. The average Bonchev–Trinajstić information content (AvgIpc) is 3.39. The largest absolute Gasteiger partial charge is 0.467 e. The fraction of sp³-hybridized carbons (Fsp3) is 0.200. The van der Waals surface area contributed by atoms with Gasteiger partial charge in [-0.2, -0.15) is 0 Å². The number of anilines is 1. The standard InChI is InChI=1S/C25H22N2O6/c1-16-5-3-6-18(13-16)24(30)26(15-21-7-4-12-32-21)22-14-23(29)27(25(22)31)19-8-10-20(11-9-19)33-17(2)28/h3-13,22H,14-15H2,1-2H3. The highest BCUT2D eigenvalue weighted by atomic mass is 16.5. The molecule has 8 heteroatoms. The topological polar surface area (TPSA) is 97.1 Å². The number of carbonyl (C=O) groups excluding carboxylic acids is 4. The zero-order valence-electron chi connectivity index (χ0n) is 18.2. The summed E-state index contributed by atoms with van der Waals surface area (Å²) < 4.78 is 10.4. The quantitative estimate of drug-likeness (QED) is 0.327. The summed E-state index contributed by atoms with van der Waals surface area (Å²) in [7, 11) is 0. The number of benzene rings is 2. The van der Waals surface area contributed by atoms with Crippen LogP contribution in [-0.2, 0) is 20.9 Å². The lowest BCUT2D eigenvalue weighted by molar-refractivity contribution is -0.132. The van der Waals surface area contributed by atoms with E-state index in [1.165, 1.54) is 42.4 Å². The van der Waals surface area contributed by atoms with Crippen molar-refractivity contribution >= 4 is 29.4 Å². The van der Waals surface area contributed by atoms with E-state index in [1.807, 2.05) is 13.0 Å². The predicted octanol–water partition coefficient (Wildman–Crippen LogP) is 3.49. The summed E-state index contributed by atoms with van der Waals surface area (Å²) in [5.74, 6) is -0.969. The molecule has 3 aromatic rings. The van der Waals surface area contributed by atoms with Gasteiger partial charge in [0, 0.05) is 12.5 Å². The SMILES string of the molecule is CC(=O)Oc1ccc(N2C(=O)CC(N(Cc3ccco3)C(=O)c3cccc(C)c3)C2=O)cc1. The van der Waals surface area contributed by atoms with Gasteiger partial charge in [0.05, 0.1) is 24.9 Å². The molecule has 4 rings (SSSR count). The molecule has 0 N–H and O–H groups in total. The average molecular weight is 446 g/mol. The Labute approximate surface area is 190 Å². The Hall–Kier alpha value is -4.20. The van der Waals surface area contributed by atoms with Crippen molar-refractivity contribution < 1.29 is 28.3 Å². The number of amides is 3. The highest BCUT2D eigenvalue weighted by molar-refractivity contribution is 6.23. The Balaban J connectivity index is 1.63. The zero-order chi connectivity index (χ0) is 23.5. The van der Waals surface area contributed by atoms with Crippen LogP contribution in [0.2, 0.25) is 0 Å². The number of furan rings is 1. The lowest BCUT2D eigenvalue weighted by Gasteiger charge is -2.27. The van der Waals surface area contributed by atoms with E-state index in [0.29, 0.717) is 22.8 Å². The van der Waals surface area contributed by atoms with Crippen LogP contribution in [0.3, 0.4) is 0 Å². The number of aryl methyl sites for hydroxylation is 1. The third-order valence-electron chi connectivity index (χ3n) is 5.29. The molecule has 1 aromatic heterocycles. The molecule has 0 saturated carbocycles. The second kappa shape index (κ2) is 9.12. The van der Waals surface area contributed by atoms with Gasteiger partial charge in [-0.05, 0) is 55.5 Å². The van der Waals surface area contributed by atoms with Gasteiger partial charge in [-0.1, -0.05) is 17.7 Å². The van der Waals surface area contributed by atoms with Crippen molar-refractivity contribution in [3.05, 3.63) is 83.8 Å². The molecule has 0 bridgehead atoms. The Morgan fingerprint density at radius 2 is 1.85 bits per heavy atom. The van der Waals surface area contributed by atoms with Crippen molar-refractivity contribution in [3.8, 4) is 5.75 Å². The monoisotopic (exact) mass is 446 g/mol. The first kappa shape index (κ1) is 22.0. The van der Waals surface area contributed by atoms with Gasteiger partial charge in [-0.25, -0.2) is 4.90 Å². The molecule has 8 nitrogen and oxygen atoms in total. The number of rotatable bonds is 6. The van der Waals surface area contributed by atoms with Crippen molar-refractivity contribution in [2.24, 2.45) is 0 Å². The van der Waals surface area contributed by atoms with Crippen LogP contribution in [0.4, 0.5) is 5.69 Å². The van der Waals surface area contributed by atoms with Gasteiger partial charge in [0.25, 0.3) is 11.8 Å². The first-order valence-electron chi connectivity index (χ1n) is 10.4. The zero-order valence-corrected chi connectivity index (χ0v) is 18.2. The third kappa shape index (κ3) is 4.69. The fourth-order valence-electron chi connectivity index (χ4n) is 3.80. The molecule has 1 aliphatic rings. The molecule has 1 atom stereocenters. The maximum Gasteiger partial charge on any atom is 0.308 e. The molecule has 0 spiro atoms. The maximum absolute atomic E-state index is 13.4. The van der Waals surface area contributed by atoms with E-state index in [0.717, 1.165) is 10.5 Å². The first-order chi connectivity index (χ1) is 15.8. The van der Waals surface area contributed by atoms with Gasteiger partial charge in [0.15, 0.2) is 0 Å². The van der Waals surface area contributed by atoms with Crippen LogP contribution in [0, 0.1) is 6.92 Å². The van der Waals surface area contributed by atoms with Crippen LogP contribution in [0.25, 0.3) is 0 Å². The molecule has 2 aromatic carbocycles. The third-order valence-corrected chi connectivity index (χ3v) is 5.29. The predicted molar refractivity (Wildman–Crippen MR) is 118 cm³/mol. The van der Waals surface area contributed by atoms with E-state index in [-0.39, 0.29) is 18.9 Å². The Morgan fingerprint density at radius 3 is 2.48 bits per heavy atom. The molecule has 1 fully saturated rings. The van der Waals surface area contributed by atoms with Crippen molar-refractivity contribution in [1.29, 1.82) is 0 Å². The number of carbonyl (C=O) groups is 4. The lowest BCUT2D eigenvalue weighted by atomic mass is 10.1. The molecular weight excluding hydrogens is 424 g/mol. The number of ether oxygens (including phenoxy) is 1. The van der Waals surface area contributed by atoms with E-state index >= 15 is 0 Å².